The topological polar surface area (TPSA) is 72.9 Å². The maximum absolute atomic E-state index is 12.0. The number of hydrogen-bond acceptors (Lipinski definition) is 5. The van der Waals surface area contributed by atoms with Crippen molar-refractivity contribution in [1.82, 2.24) is 5.06 Å². The van der Waals surface area contributed by atoms with E-state index in [2.05, 4.69) is 15.9 Å². The first kappa shape index (κ1) is 14.5. The average molecular weight is 342 g/mol. The summed E-state index contributed by atoms with van der Waals surface area (Å²) in [7, 11) is 0. The van der Waals surface area contributed by atoms with Crippen LogP contribution in [-0.2, 0) is 14.4 Å². The van der Waals surface area contributed by atoms with Crippen molar-refractivity contribution in [2.24, 2.45) is 0 Å². The molecule has 1 aliphatic rings. The van der Waals surface area contributed by atoms with Crippen LogP contribution in [0.3, 0.4) is 0 Å². The fourth-order valence-electron chi connectivity index (χ4n) is 1.73. The molecule has 6 nitrogen and oxygen atoms in total. The normalized spacial score (nSPS) is 14.6. The fraction of sp³-hybridized carbons (Fsp3) is 0.308. The van der Waals surface area contributed by atoms with Gasteiger partial charge in [-0.05, 0) is 25.1 Å². The van der Waals surface area contributed by atoms with Crippen molar-refractivity contribution in [1.29, 1.82) is 0 Å². The number of benzene rings is 1. The number of rotatable bonds is 4. The second kappa shape index (κ2) is 6.04. The van der Waals surface area contributed by atoms with Crippen LogP contribution in [0.25, 0.3) is 0 Å². The minimum atomic E-state index is -0.801. The number of imide groups is 1. The van der Waals surface area contributed by atoms with Gasteiger partial charge in [-0.1, -0.05) is 15.9 Å². The van der Waals surface area contributed by atoms with Gasteiger partial charge in [-0.25, -0.2) is 4.79 Å². The summed E-state index contributed by atoms with van der Waals surface area (Å²) in [5.41, 5.74) is 0.155. The summed E-state index contributed by atoms with van der Waals surface area (Å²) in [6.07, 6.45) is 0.121. The summed E-state index contributed by atoms with van der Waals surface area (Å²) in [5.74, 6) is -1.51. The van der Waals surface area contributed by atoms with Gasteiger partial charge in [0, 0.05) is 17.3 Å². The molecule has 2 amide bonds. The number of amides is 2. The fourth-order valence-corrected chi connectivity index (χ4v) is 2.07. The molecule has 2 rings (SSSR count). The van der Waals surface area contributed by atoms with Crippen LogP contribution in [0.2, 0.25) is 0 Å². The molecule has 0 spiro atoms. The predicted molar refractivity (Wildman–Crippen MR) is 71.8 cm³/mol. The van der Waals surface area contributed by atoms with Crippen molar-refractivity contribution in [3.8, 4) is 5.75 Å². The van der Waals surface area contributed by atoms with Gasteiger partial charge in [-0.2, -0.15) is 0 Å². The highest BCUT2D eigenvalue weighted by Gasteiger charge is 2.33. The molecule has 1 heterocycles. The molecule has 1 fully saturated rings. The summed E-state index contributed by atoms with van der Waals surface area (Å²) >= 11 is 3.27. The molecular weight excluding hydrogens is 330 g/mol. The zero-order valence-corrected chi connectivity index (χ0v) is 12.3. The number of halogens is 1. The summed E-state index contributed by atoms with van der Waals surface area (Å²) in [6.45, 7) is 2.15. The molecule has 0 saturated carbocycles. The number of hydrogen-bond donors (Lipinski definition) is 0. The maximum atomic E-state index is 12.0. The van der Waals surface area contributed by atoms with Crippen LogP contribution >= 0.6 is 15.9 Å². The molecule has 106 valence electrons. The van der Waals surface area contributed by atoms with E-state index in [9.17, 15) is 14.4 Å². The van der Waals surface area contributed by atoms with Crippen molar-refractivity contribution in [3.05, 3.63) is 28.2 Å². The summed E-state index contributed by atoms with van der Waals surface area (Å²) < 4.78 is 6.08. The van der Waals surface area contributed by atoms with E-state index >= 15 is 0 Å². The average Bonchev–Trinajstić information content (AvgIpc) is 2.71. The van der Waals surface area contributed by atoms with E-state index in [0.29, 0.717) is 17.4 Å². The first-order chi connectivity index (χ1) is 9.52. The van der Waals surface area contributed by atoms with Gasteiger partial charge in [0.15, 0.2) is 0 Å². The number of nitrogens with zero attached hydrogens (tertiary/aromatic N) is 1. The first-order valence-corrected chi connectivity index (χ1v) is 6.82. The molecule has 1 saturated heterocycles. The smallest absolute Gasteiger partial charge is 0.367 e. The quantitative estimate of drug-likeness (QED) is 0.784. The zero-order valence-electron chi connectivity index (χ0n) is 10.7. The van der Waals surface area contributed by atoms with Crippen LogP contribution in [0.5, 0.6) is 5.75 Å². The molecule has 0 aromatic heterocycles. The van der Waals surface area contributed by atoms with Crippen molar-refractivity contribution in [2.75, 3.05) is 6.61 Å². The number of carbonyl (C=O) groups excluding carboxylic acids is 3. The van der Waals surface area contributed by atoms with Crippen molar-refractivity contribution in [2.45, 2.75) is 19.8 Å². The van der Waals surface area contributed by atoms with Crippen molar-refractivity contribution >= 4 is 33.7 Å². The van der Waals surface area contributed by atoms with Crippen LogP contribution < -0.4 is 4.74 Å². The second-order valence-electron chi connectivity index (χ2n) is 4.03. The zero-order chi connectivity index (χ0) is 14.7. The maximum Gasteiger partial charge on any atom is 0.367 e. The second-order valence-corrected chi connectivity index (χ2v) is 4.95. The van der Waals surface area contributed by atoms with Crippen LogP contribution in [0.15, 0.2) is 22.7 Å². The highest BCUT2D eigenvalue weighted by molar-refractivity contribution is 9.10. The van der Waals surface area contributed by atoms with E-state index in [1.165, 1.54) is 6.07 Å². The summed E-state index contributed by atoms with van der Waals surface area (Å²) in [6, 6.07) is 4.77. The van der Waals surface area contributed by atoms with E-state index in [1.54, 1.807) is 19.1 Å². The van der Waals surface area contributed by atoms with E-state index in [1.807, 2.05) is 0 Å². The van der Waals surface area contributed by atoms with Crippen LogP contribution in [0.4, 0.5) is 0 Å². The predicted octanol–water partition coefficient (Wildman–Crippen LogP) is 2.07. The van der Waals surface area contributed by atoms with E-state index in [4.69, 9.17) is 9.57 Å². The SMILES string of the molecule is CCOc1cc(Br)ccc1C(=O)ON1C(=O)CCC1=O. The molecule has 1 aliphatic heterocycles. The van der Waals surface area contributed by atoms with Gasteiger partial charge < -0.3 is 9.57 Å². The van der Waals surface area contributed by atoms with Gasteiger partial charge in [0.2, 0.25) is 0 Å². The van der Waals surface area contributed by atoms with Crippen LogP contribution in [0, 0.1) is 0 Å². The lowest BCUT2D eigenvalue weighted by atomic mass is 10.2. The molecule has 7 heteroatoms. The number of ether oxygens (including phenoxy) is 1. The lowest BCUT2D eigenvalue weighted by Gasteiger charge is -2.14. The molecule has 0 bridgehead atoms. The van der Waals surface area contributed by atoms with Gasteiger partial charge >= 0.3 is 5.97 Å². The molecule has 0 unspecified atom stereocenters. The first-order valence-electron chi connectivity index (χ1n) is 6.03. The Morgan fingerprint density at radius 2 is 1.95 bits per heavy atom. The third-order valence-corrected chi connectivity index (χ3v) is 3.14. The molecule has 0 atom stereocenters. The molecule has 0 N–H and O–H groups in total. The van der Waals surface area contributed by atoms with Crippen molar-refractivity contribution in [3.63, 3.8) is 0 Å². The lowest BCUT2D eigenvalue weighted by Crippen LogP contribution is -2.32. The Balaban J connectivity index is 2.20. The van der Waals surface area contributed by atoms with Gasteiger partial charge in [0.25, 0.3) is 11.8 Å². The Labute approximate surface area is 123 Å². The van der Waals surface area contributed by atoms with Crippen LogP contribution in [-0.4, -0.2) is 29.5 Å². The Bertz CT molecular complexity index is 556. The third-order valence-electron chi connectivity index (χ3n) is 2.64. The molecule has 1 aromatic rings. The minimum absolute atomic E-state index is 0.0603. The van der Waals surface area contributed by atoms with E-state index < -0.39 is 17.8 Å². The molecule has 0 radical (unpaired) electrons. The number of hydroxylamine groups is 2. The van der Waals surface area contributed by atoms with E-state index in [-0.39, 0.29) is 18.4 Å². The Kier molecular flexibility index (Phi) is 4.39. The lowest BCUT2D eigenvalue weighted by molar-refractivity contribution is -0.172. The molecule has 1 aromatic carbocycles. The minimum Gasteiger partial charge on any atom is -0.493 e. The van der Waals surface area contributed by atoms with Gasteiger partial charge in [-0.15, -0.1) is 5.06 Å². The van der Waals surface area contributed by atoms with Gasteiger partial charge in [-0.3, -0.25) is 9.59 Å². The largest absolute Gasteiger partial charge is 0.493 e. The molecular formula is C13H12BrNO5. The molecule has 20 heavy (non-hydrogen) atoms. The van der Waals surface area contributed by atoms with Crippen molar-refractivity contribution < 1.29 is 24.0 Å². The number of carbonyl (C=O) groups is 3. The van der Waals surface area contributed by atoms with Gasteiger partial charge in [0.05, 0.1) is 6.61 Å². The Morgan fingerprint density at radius 1 is 1.30 bits per heavy atom. The highest BCUT2D eigenvalue weighted by Crippen LogP contribution is 2.25. The Hall–Kier alpha value is -1.89. The van der Waals surface area contributed by atoms with Gasteiger partial charge in [0.1, 0.15) is 11.3 Å². The monoisotopic (exact) mass is 341 g/mol. The Morgan fingerprint density at radius 3 is 2.55 bits per heavy atom. The highest BCUT2D eigenvalue weighted by atomic mass is 79.9. The van der Waals surface area contributed by atoms with E-state index in [0.717, 1.165) is 4.47 Å². The molecule has 0 aliphatic carbocycles. The standard InChI is InChI=1S/C13H12BrNO5/c1-2-19-10-7-8(14)3-4-9(10)13(18)20-15-11(16)5-6-12(15)17/h3-4,7H,2,5-6H2,1H3. The third kappa shape index (κ3) is 2.98. The summed E-state index contributed by atoms with van der Waals surface area (Å²) in [5, 5.41) is 0.514. The van der Waals surface area contributed by atoms with Crippen LogP contribution in [0.1, 0.15) is 30.1 Å². The summed E-state index contributed by atoms with van der Waals surface area (Å²) in [4.78, 5) is 39.7.